The number of nitrogens with two attached hydrogens (primary N) is 2. The third kappa shape index (κ3) is 12.6. The maximum absolute atomic E-state index is 13.5. The van der Waals surface area contributed by atoms with Gasteiger partial charge in [0.25, 0.3) is 0 Å². The van der Waals surface area contributed by atoms with Crippen molar-refractivity contribution in [1.82, 2.24) is 39.7 Å². The average Bonchev–Trinajstić information content (AvgIpc) is 3.92. The molecule has 28 heteroatoms. The fraction of sp³-hybridized carbons (Fsp3) is 0.429. The lowest BCUT2D eigenvalue weighted by Gasteiger charge is -2.24. The van der Waals surface area contributed by atoms with Gasteiger partial charge in [-0.2, -0.15) is 4.98 Å². The number of anilines is 2. The number of hydrogen-bond donors (Lipinski definition) is 8. The first-order valence-corrected chi connectivity index (χ1v) is 22.4. The highest BCUT2D eigenvalue weighted by molar-refractivity contribution is 7.80. The summed E-state index contributed by atoms with van der Waals surface area (Å²) in [4.78, 5) is 84.1. The summed E-state index contributed by atoms with van der Waals surface area (Å²) in [5, 5.41) is 17.2. The van der Waals surface area contributed by atoms with Crippen LogP contribution in [0.1, 0.15) is 37.3 Å². The number of nitrogens with one attached hydrogen (secondary N) is 2. The molecule has 1 aromatic carbocycles. The Morgan fingerprint density at radius 3 is 2.51 bits per heavy atom. The molecule has 25 nitrogen and oxygen atoms in total. The van der Waals surface area contributed by atoms with Crippen molar-refractivity contribution in [2.75, 3.05) is 31.2 Å². The maximum atomic E-state index is 13.5. The SMILES string of the molecule is C=CCCC(=O)N[C@@H](Cc1ccccc1)C(=S)NCC(=O)OC1[C@@H](COP(=O)(O)O[C@@H]2C[C@H](n3ccc(N)nc3=O)O[C@@H]2COP(=O)(O)O)O[C@@H](n2cnc3c(N)ncnc32)[C@H]1O. The second kappa shape index (κ2) is 20.6. The molecule has 2 aliphatic heterocycles. The van der Waals surface area contributed by atoms with Crippen LogP contribution in [0, 0.1) is 0 Å². The van der Waals surface area contributed by atoms with E-state index in [-0.39, 0.29) is 53.0 Å². The lowest BCUT2D eigenvalue weighted by Crippen LogP contribution is -2.49. The number of ether oxygens (including phenoxy) is 3. The number of esters is 1. The number of hydrogen-bond acceptors (Lipinski definition) is 19. The van der Waals surface area contributed by atoms with E-state index in [0.717, 1.165) is 16.5 Å². The van der Waals surface area contributed by atoms with E-state index < -0.39 is 96.1 Å². The molecule has 4 aromatic rings. The van der Waals surface area contributed by atoms with Crippen LogP contribution in [0.2, 0.25) is 0 Å². The molecule has 5 heterocycles. The number of nitrogens with zero attached hydrogens (tertiary/aromatic N) is 6. The van der Waals surface area contributed by atoms with Crippen molar-refractivity contribution in [2.45, 2.75) is 74.7 Å². The van der Waals surface area contributed by atoms with Gasteiger partial charge in [-0.05, 0) is 24.5 Å². The van der Waals surface area contributed by atoms with Gasteiger partial charge in [-0.3, -0.25) is 32.3 Å². The number of amides is 1. The number of benzene rings is 1. The van der Waals surface area contributed by atoms with E-state index in [2.05, 4.69) is 41.7 Å². The fourth-order valence-electron chi connectivity index (χ4n) is 6.64. The number of thiocarbonyl (C=S) groups is 1. The molecule has 0 saturated carbocycles. The first-order chi connectivity index (χ1) is 29.9. The third-order valence-corrected chi connectivity index (χ3v) is 11.5. The number of fused-ring (bicyclic) bond motifs is 1. The van der Waals surface area contributed by atoms with Crippen LogP contribution in [0.15, 0.2) is 72.7 Å². The second-order valence-electron chi connectivity index (χ2n) is 14.0. The summed E-state index contributed by atoms with van der Waals surface area (Å²) in [5.41, 5.74) is 11.8. The zero-order valence-corrected chi connectivity index (χ0v) is 35.6. The average molecular weight is 939 g/mol. The highest BCUT2D eigenvalue weighted by Crippen LogP contribution is 2.50. The molecule has 10 N–H and O–H groups in total. The first-order valence-electron chi connectivity index (χ1n) is 18.9. The molecule has 1 amide bonds. The molecular formula is C35H44N10O15P2S. The Hall–Kier alpha value is -5.08. The van der Waals surface area contributed by atoms with Gasteiger partial charge in [0.15, 0.2) is 23.8 Å². The van der Waals surface area contributed by atoms with E-state index in [1.165, 1.54) is 23.2 Å². The molecule has 0 aliphatic carbocycles. The Labute approximate surface area is 362 Å². The third-order valence-electron chi connectivity index (χ3n) is 9.57. The van der Waals surface area contributed by atoms with Gasteiger partial charge in [-0.25, -0.2) is 28.9 Å². The Morgan fingerprint density at radius 1 is 1.05 bits per heavy atom. The van der Waals surface area contributed by atoms with Crippen molar-refractivity contribution in [3.8, 4) is 0 Å². The topological polar surface area (TPSA) is 359 Å². The lowest BCUT2D eigenvalue weighted by atomic mass is 10.1. The molecule has 3 aromatic heterocycles. The molecule has 0 radical (unpaired) electrons. The van der Waals surface area contributed by atoms with Crippen molar-refractivity contribution < 1.29 is 66.3 Å². The van der Waals surface area contributed by atoms with Gasteiger partial charge >= 0.3 is 27.3 Å². The molecule has 6 rings (SSSR count). The predicted octanol–water partition coefficient (Wildman–Crippen LogP) is -0.0726. The summed E-state index contributed by atoms with van der Waals surface area (Å²) < 4.78 is 59.9. The monoisotopic (exact) mass is 938 g/mol. The van der Waals surface area contributed by atoms with Gasteiger partial charge in [0.2, 0.25) is 5.91 Å². The minimum absolute atomic E-state index is 0.0112. The Balaban J connectivity index is 1.17. The van der Waals surface area contributed by atoms with E-state index in [1.807, 2.05) is 30.3 Å². The van der Waals surface area contributed by atoms with Gasteiger partial charge in [0.1, 0.15) is 54.9 Å². The highest BCUT2D eigenvalue weighted by Gasteiger charge is 2.50. The molecule has 2 unspecified atom stereocenters. The highest BCUT2D eigenvalue weighted by atomic mass is 32.1. The first kappa shape index (κ1) is 47.4. The van der Waals surface area contributed by atoms with Crippen LogP contribution in [-0.4, -0.2) is 122 Å². The number of aromatic nitrogens is 6. The minimum Gasteiger partial charge on any atom is -0.455 e. The van der Waals surface area contributed by atoms with Crippen molar-refractivity contribution in [2.24, 2.45) is 0 Å². The van der Waals surface area contributed by atoms with Crippen LogP contribution in [-0.2, 0) is 52.9 Å². The summed E-state index contributed by atoms with van der Waals surface area (Å²) in [5.74, 6) is -1.36. The van der Waals surface area contributed by atoms with Crippen LogP contribution in [0.25, 0.3) is 11.2 Å². The molecule has 0 bridgehead atoms. The molecule has 2 aliphatic rings. The number of imidazole rings is 1. The largest absolute Gasteiger partial charge is 0.472 e. The minimum atomic E-state index is -5.21. The number of allylic oxidation sites excluding steroid dienone is 1. The number of aliphatic hydroxyl groups excluding tert-OH is 1. The van der Waals surface area contributed by atoms with Crippen molar-refractivity contribution in [3.63, 3.8) is 0 Å². The quantitative estimate of drug-likeness (QED) is 0.0249. The van der Waals surface area contributed by atoms with Crippen molar-refractivity contribution in [3.05, 3.63) is 84.0 Å². The maximum Gasteiger partial charge on any atom is 0.472 e. The van der Waals surface area contributed by atoms with E-state index >= 15 is 0 Å². The molecule has 0 spiro atoms. The van der Waals surface area contributed by atoms with Gasteiger partial charge in [-0.1, -0.05) is 48.6 Å². The summed E-state index contributed by atoms with van der Waals surface area (Å²) in [6.45, 7) is 1.36. The lowest BCUT2D eigenvalue weighted by molar-refractivity contribution is -0.155. The molecule has 9 atom stereocenters. The Kier molecular flexibility index (Phi) is 15.5. The summed E-state index contributed by atoms with van der Waals surface area (Å²) >= 11 is 5.58. The number of rotatable bonds is 20. The Morgan fingerprint density at radius 2 is 1.79 bits per heavy atom. The molecular weight excluding hydrogens is 894 g/mol. The molecule has 63 heavy (non-hydrogen) atoms. The van der Waals surface area contributed by atoms with Gasteiger partial charge < -0.3 is 56.1 Å². The van der Waals surface area contributed by atoms with E-state index in [0.29, 0.717) is 6.42 Å². The summed E-state index contributed by atoms with van der Waals surface area (Å²) in [7, 11) is -10.3. The van der Waals surface area contributed by atoms with Gasteiger partial charge in [0.05, 0.1) is 30.6 Å². The number of phosphoric ester groups is 2. The van der Waals surface area contributed by atoms with E-state index in [1.54, 1.807) is 6.08 Å². The zero-order chi connectivity index (χ0) is 45.5. The van der Waals surface area contributed by atoms with Gasteiger partial charge in [-0.15, -0.1) is 6.58 Å². The fourth-order valence-corrected chi connectivity index (χ4v) is 8.15. The van der Waals surface area contributed by atoms with Crippen LogP contribution in [0.5, 0.6) is 0 Å². The molecule has 340 valence electrons. The van der Waals surface area contributed by atoms with Crippen LogP contribution < -0.4 is 27.8 Å². The summed E-state index contributed by atoms with van der Waals surface area (Å²) in [6.07, 6.45) is -4.56. The van der Waals surface area contributed by atoms with Crippen LogP contribution >= 0.6 is 27.9 Å². The number of phosphoric acid groups is 2. The molecule has 2 saturated heterocycles. The Bertz CT molecular complexity index is 2440. The second-order valence-corrected chi connectivity index (χ2v) is 17.1. The standard InChI is InChI=1S/C35H44N10O15P2S/c1-2-3-9-25(46)42-20(12-19-7-5-4-6-8-19)33(63)38-14-27(47)59-30-23(58-34(29(30)48)45-18-41-28-31(37)39-17-40-32(28)45)16-56-62(53,54)60-21-13-26(44-11-10-24(36)43-35(44)49)57-22(21)15-55-61(50,51)52/h2,4-8,10-11,17-18,20-23,26,29-30,34,48H,1,3,9,12-16H2,(H,38,63)(H,42,46)(H,53,54)(H2,36,43,49)(H2,37,39,40)(H2,50,51,52)/t20-,21+,22+,23+,26+,29-,30?,34+/m0/s1. The van der Waals surface area contributed by atoms with Crippen molar-refractivity contribution >= 4 is 67.5 Å². The number of nitrogen functional groups attached to an aromatic ring is 2. The van der Waals surface area contributed by atoms with Crippen LogP contribution in [0.4, 0.5) is 11.6 Å². The zero-order valence-electron chi connectivity index (χ0n) is 33.0. The van der Waals surface area contributed by atoms with E-state index in [4.69, 9.17) is 46.9 Å². The summed E-state index contributed by atoms with van der Waals surface area (Å²) in [6, 6.07) is 9.72. The number of carbonyl (C=O) groups is 2. The van der Waals surface area contributed by atoms with E-state index in [9.17, 15) is 43.3 Å². The molecule has 2 fully saturated rings. The number of carbonyl (C=O) groups excluding carboxylic acids is 2. The number of aliphatic hydroxyl groups is 1. The normalized spacial score (nSPS) is 23.8. The van der Waals surface area contributed by atoms with Crippen LogP contribution in [0.3, 0.4) is 0 Å². The predicted molar refractivity (Wildman–Crippen MR) is 222 cm³/mol. The van der Waals surface area contributed by atoms with Crippen molar-refractivity contribution in [1.29, 1.82) is 0 Å². The van der Waals surface area contributed by atoms with Gasteiger partial charge in [0, 0.05) is 19.0 Å². The smallest absolute Gasteiger partial charge is 0.455 e.